The maximum Gasteiger partial charge on any atom is 0.392 e. The lowest BCUT2D eigenvalue weighted by molar-refractivity contribution is -0.177. The zero-order valence-electron chi connectivity index (χ0n) is 9.80. The molecule has 0 aromatic carbocycles. The fourth-order valence-electron chi connectivity index (χ4n) is 2.15. The van der Waals surface area contributed by atoms with Crippen molar-refractivity contribution in [2.24, 2.45) is 5.92 Å². The molecule has 2 rings (SSSR count). The van der Waals surface area contributed by atoms with Crippen molar-refractivity contribution in [3.63, 3.8) is 0 Å². The number of nitrogens with one attached hydrogen (secondary N) is 1. The first-order valence-corrected chi connectivity index (χ1v) is 5.73. The fourth-order valence-corrected chi connectivity index (χ4v) is 2.15. The molecule has 0 bridgehead atoms. The van der Waals surface area contributed by atoms with Gasteiger partial charge in [-0.15, -0.1) is 0 Å². The number of hydrogen-bond acceptors (Lipinski definition) is 3. The molecule has 1 atom stereocenters. The van der Waals surface area contributed by atoms with Gasteiger partial charge < -0.3 is 4.74 Å². The van der Waals surface area contributed by atoms with Gasteiger partial charge in [0.05, 0.1) is 12.5 Å². The summed E-state index contributed by atoms with van der Waals surface area (Å²) in [5.74, 6) is -1.94. The Morgan fingerprint density at radius 1 is 1.56 bits per heavy atom. The van der Waals surface area contributed by atoms with Gasteiger partial charge in [-0.3, -0.25) is 5.10 Å². The molecule has 0 radical (unpaired) electrons. The van der Waals surface area contributed by atoms with Crippen LogP contribution in [0.2, 0.25) is 0 Å². The van der Waals surface area contributed by atoms with Gasteiger partial charge in [-0.1, -0.05) is 0 Å². The number of fused-ring (bicyclic) bond motifs is 1. The second kappa shape index (κ2) is 4.62. The third kappa shape index (κ3) is 2.34. The fraction of sp³-hybridized carbons (Fsp3) is 0.636. The van der Waals surface area contributed by atoms with E-state index in [0.717, 1.165) is 0 Å². The number of aromatic amines is 1. The van der Waals surface area contributed by atoms with Crippen LogP contribution >= 0.6 is 0 Å². The standard InChI is InChI=1S/C11H13F3N2O2/c1-2-18-10(17)9-7-4-3-6(11(12,13)14)5-8(7)15-16-9/h6H,2-5H2,1H3,(H,15,16). The summed E-state index contributed by atoms with van der Waals surface area (Å²) in [5, 5.41) is 6.28. The van der Waals surface area contributed by atoms with Crippen LogP contribution in [0.25, 0.3) is 0 Å². The van der Waals surface area contributed by atoms with Crippen LogP contribution in [0.1, 0.15) is 35.1 Å². The van der Waals surface area contributed by atoms with Gasteiger partial charge in [-0.2, -0.15) is 18.3 Å². The molecule has 0 amide bonds. The molecule has 0 saturated heterocycles. The van der Waals surface area contributed by atoms with E-state index in [9.17, 15) is 18.0 Å². The lowest BCUT2D eigenvalue weighted by atomic mass is 9.86. The summed E-state index contributed by atoms with van der Waals surface area (Å²) in [7, 11) is 0. The van der Waals surface area contributed by atoms with Crippen molar-refractivity contribution in [3.05, 3.63) is 17.0 Å². The molecule has 1 N–H and O–H groups in total. The van der Waals surface area contributed by atoms with E-state index in [-0.39, 0.29) is 31.6 Å². The molecule has 1 aliphatic rings. The van der Waals surface area contributed by atoms with Crippen molar-refractivity contribution in [1.29, 1.82) is 0 Å². The molecule has 0 spiro atoms. The van der Waals surface area contributed by atoms with Crippen molar-refractivity contribution < 1.29 is 22.7 Å². The quantitative estimate of drug-likeness (QED) is 0.832. The molecule has 18 heavy (non-hydrogen) atoms. The summed E-state index contributed by atoms with van der Waals surface area (Å²) in [5.41, 5.74) is 1.08. The second-order valence-corrected chi connectivity index (χ2v) is 4.23. The number of H-pyrrole nitrogens is 1. The summed E-state index contributed by atoms with van der Waals surface area (Å²) in [6.45, 7) is 1.88. The molecule has 1 heterocycles. The Morgan fingerprint density at radius 2 is 2.28 bits per heavy atom. The number of carbonyl (C=O) groups is 1. The van der Waals surface area contributed by atoms with Gasteiger partial charge in [0.15, 0.2) is 5.69 Å². The van der Waals surface area contributed by atoms with Crippen LogP contribution in [0.4, 0.5) is 13.2 Å². The topological polar surface area (TPSA) is 55.0 Å². The van der Waals surface area contributed by atoms with Crippen LogP contribution in [-0.4, -0.2) is 28.9 Å². The van der Waals surface area contributed by atoms with Gasteiger partial charge in [0.1, 0.15) is 0 Å². The minimum absolute atomic E-state index is 0.0115. The maximum atomic E-state index is 12.6. The van der Waals surface area contributed by atoms with E-state index in [0.29, 0.717) is 11.3 Å². The summed E-state index contributed by atoms with van der Waals surface area (Å²) in [6, 6.07) is 0. The maximum absolute atomic E-state index is 12.6. The lowest BCUT2D eigenvalue weighted by Crippen LogP contribution is -2.29. The largest absolute Gasteiger partial charge is 0.461 e. The van der Waals surface area contributed by atoms with Crippen molar-refractivity contribution in [1.82, 2.24) is 10.2 Å². The minimum atomic E-state index is -4.20. The van der Waals surface area contributed by atoms with E-state index in [1.807, 2.05) is 0 Å². The number of nitrogens with zero attached hydrogens (tertiary/aromatic N) is 1. The molecule has 0 aliphatic heterocycles. The highest BCUT2D eigenvalue weighted by Gasteiger charge is 2.42. The zero-order chi connectivity index (χ0) is 13.3. The van der Waals surface area contributed by atoms with Gasteiger partial charge in [0.2, 0.25) is 0 Å². The van der Waals surface area contributed by atoms with E-state index >= 15 is 0 Å². The molecule has 7 heteroatoms. The predicted octanol–water partition coefficient (Wildman–Crippen LogP) is 2.25. The number of halogens is 3. The van der Waals surface area contributed by atoms with Crippen LogP contribution in [0, 0.1) is 5.92 Å². The van der Waals surface area contributed by atoms with Crippen molar-refractivity contribution in [2.45, 2.75) is 32.4 Å². The van der Waals surface area contributed by atoms with Gasteiger partial charge in [0, 0.05) is 17.7 Å². The smallest absolute Gasteiger partial charge is 0.392 e. The van der Waals surface area contributed by atoms with Crippen molar-refractivity contribution in [2.75, 3.05) is 6.61 Å². The van der Waals surface area contributed by atoms with Crippen LogP contribution in [0.15, 0.2) is 0 Å². The summed E-state index contributed by atoms with van der Waals surface area (Å²) in [4.78, 5) is 11.5. The van der Waals surface area contributed by atoms with Gasteiger partial charge >= 0.3 is 12.1 Å². The number of carbonyl (C=O) groups excluding carboxylic acids is 1. The van der Waals surface area contributed by atoms with Crippen molar-refractivity contribution in [3.8, 4) is 0 Å². The number of rotatable bonds is 2. The summed E-state index contributed by atoms with van der Waals surface area (Å²) >= 11 is 0. The molecular weight excluding hydrogens is 249 g/mol. The molecule has 4 nitrogen and oxygen atoms in total. The normalized spacial score (nSPS) is 19.4. The number of hydrogen-bond donors (Lipinski definition) is 1. The second-order valence-electron chi connectivity index (χ2n) is 4.23. The molecule has 0 fully saturated rings. The third-order valence-corrected chi connectivity index (χ3v) is 3.08. The third-order valence-electron chi connectivity index (χ3n) is 3.08. The van der Waals surface area contributed by atoms with E-state index in [1.165, 1.54) is 0 Å². The summed E-state index contributed by atoms with van der Waals surface area (Å²) < 4.78 is 42.6. The van der Waals surface area contributed by atoms with E-state index in [2.05, 4.69) is 10.2 Å². The Morgan fingerprint density at radius 3 is 2.89 bits per heavy atom. The number of ether oxygens (including phenoxy) is 1. The van der Waals surface area contributed by atoms with E-state index in [1.54, 1.807) is 6.92 Å². The molecule has 0 saturated carbocycles. The zero-order valence-corrected chi connectivity index (χ0v) is 9.80. The lowest BCUT2D eigenvalue weighted by Gasteiger charge is -2.24. The predicted molar refractivity (Wildman–Crippen MR) is 56.1 cm³/mol. The first kappa shape index (κ1) is 12.9. The first-order valence-electron chi connectivity index (χ1n) is 5.73. The number of esters is 1. The highest BCUT2D eigenvalue weighted by Crippen LogP contribution is 2.37. The average molecular weight is 262 g/mol. The van der Waals surface area contributed by atoms with Crippen LogP contribution in [0.3, 0.4) is 0 Å². The Labute approximate surface area is 102 Å². The van der Waals surface area contributed by atoms with Gasteiger partial charge in [-0.25, -0.2) is 4.79 Å². The monoisotopic (exact) mass is 262 g/mol. The van der Waals surface area contributed by atoms with Crippen molar-refractivity contribution >= 4 is 5.97 Å². The molecule has 1 aromatic rings. The molecule has 1 aliphatic carbocycles. The number of aromatic nitrogens is 2. The van der Waals surface area contributed by atoms with E-state index < -0.39 is 18.1 Å². The highest BCUT2D eigenvalue weighted by atomic mass is 19.4. The van der Waals surface area contributed by atoms with Gasteiger partial charge in [-0.05, 0) is 19.8 Å². The molecule has 1 unspecified atom stereocenters. The Kier molecular flexibility index (Phi) is 3.32. The highest BCUT2D eigenvalue weighted by molar-refractivity contribution is 5.89. The SMILES string of the molecule is CCOC(=O)c1n[nH]c2c1CCC(C(F)(F)F)C2. The molecule has 1 aromatic heterocycles. The Balaban J connectivity index is 2.20. The van der Waals surface area contributed by atoms with E-state index in [4.69, 9.17) is 4.74 Å². The van der Waals surface area contributed by atoms with Gasteiger partial charge in [0.25, 0.3) is 0 Å². The van der Waals surface area contributed by atoms with Crippen LogP contribution < -0.4 is 0 Å². The first-order chi connectivity index (χ1) is 8.43. The van der Waals surface area contributed by atoms with Crippen LogP contribution in [0.5, 0.6) is 0 Å². The molecular formula is C11H13F3N2O2. The summed E-state index contributed by atoms with van der Waals surface area (Å²) in [6.07, 6.45) is -4.16. The van der Waals surface area contributed by atoms with Crippen LogP contribution in [-0.2, 0) is 17.6 Å². The average Bonchev–Trinajstić information content (AvgIpc) is 2.70. The molecule has 100 valence electrons. The minimum Gasteiger partial charge on any atom is -0.461 e. The Hall–Kier alpha value is -1.53. The number of alkyl halides is 3. The Bertz CT molecular complexity index is 454.